The molecule has 2 rings (SSSR count). The molecule has 0 spiro atoms. The van der Waals surface area contributed by atoms with Gasteiger partial charge in [0.15, 0.2) is 0 Å². The summed E-state index contributed by atoms with van der Waals surface area (Å²) in [4.78, 5) is 14.1. The van der Waals surface area contributed by atoms with E-state index in [1.54, 1.807) is 10.9 Å². The Morgan fingerprint density at radius 2 is 2.44 bits per heavy atom. The Morgan fingerprint density at radius 1 is 1.67 bits per heavy atom. The molecule has 0 bridgehead atoms. The van der Waals surface area contributed by atoms with Crippen LogP contribution in [0.1, 0.15) is 28.9 Å². The predicted octanol–water partition coefficient (Wildman–Crippen LogP) is 0.800. The summed E-state index contributed by atoms with van der Waals surface area (Å²) in [5.41, 5.74) is 1.64. The van der Waals surface area contributed by atoms with Crippen LogP contribution in [0.4, 0.5) is 0 Å². The maximum Gasteiger partial charge on any atom is 0.257 e. The second kappa shape index (κ2) is 5.52. The van der Waals surface area contributed by atoms with Crippen molar-refractivity contribution in [3.63, 3.8) is 0 Å². The maximum absolute atomic E-state index is 12.3. The minimum atomic E-state index is 0.0752. The lowest BCUT2D eigenvalue weighted by Gasteiger charge is -2.27. The monoisotopic (exact) mass is 250 g/mol. The molecule has 1 aliphatic heterocycles. The number of amides is 1. The molecule has 1 unspecified atom stereocenters. The van der Waals surface area contributed by atoms with Crippen LogP contribution in [0, 0.1) is 12.8 Å². The minimum absolute atomic E-state index is 0.0752. The Bertz CT molecular complexity index is 421. The number of nitrogens with one attached hydrogen (secondary N) is 1. The fourth-order valence-electron chi connectivity index (χ4n) is 2.46. The first-order valence-corrected chi connectivity index (χ1v) is 6.54. The molecule has 0 radical (unpaired) electrons. The van der Waals surface area contributed by atoms with E-state index in [2.05, 4.69) is 10.4 Å². The van der Waals surface area contributed by atoms with E-state index >= 15 is 0 Å². The molecule has 0 aliphatic carbocycles. The molecule has 1 aromatic rings. The van der Waals surface area contributed by atoms with Gasteiger partial charge in [0.2, 0.25) is 0 Å². The Kier molecular flexibility index (Phi) is 4.01. The van der Waals surface area contributed by atoms with Crippen LogP contribution in [0.15, 0.2) is 6.20 Å². The van der Waals surface area contributed by atoms with Crippen molar-refractivity contribution >= 4 is 5.91 Å². The van der Waals surface area contributed by atoms with Gasteiger partial charge in [-0.25, -0.2) is 0 Å². The van der Waals surface area contributed by atoms with Crippen molar-refractivity contribution in [1.29, 1.82) is 0 Å². The molecule has 0 aromatic carbocycles. The molecule has 1 atom stereocenters. The van der Waals surface area contributed by atoms with Gasteiger partial charge in [-0.1, -0.05) is 0 Å². The summed E-state index contributed by atoms with van der Waals surface area (Å²) in [6, 6.07) is 0. The quantitative estimate of drug-likeness (QED) is 0.863. The van der Waals surface area contributed by atoms with Gasteiger partial charge < -0.3 is 10.2 Å². The van der Waals surface area contributed by atoms with E-state index in [9.17, 15) is 4.79 Å². The molecule has 2 heterocycles. The first kappa shape index (κ1) is 13.1. The van der Waals surface area contributed by atoms with Gasteiger partial charge in [0.1, 0.15) is 0 Å². The van der Waals surface area contributed by atoms with Crippen molar-refractivity contribution in [3.8, 4) is 0 Å². The summed E-state index contributed by atoms with van der Waals surface area (Å²) in [6.45, 7) is 4.87. The van der Waals surface area contributed by atoms with E-state index in [1.165, 1.54) is 12.8 Å². The van der Waals surface area contributed by atoms with Crippen LogP contribution >= 0.6 is 0 Å². The molecule has 5 heteroatoms. The van der Waals surface area contributed by atoms with Crippen LogP contribution in [0.2, 0.25) is 0 Å². The third-order valence-electron chi connectivity index (χ3n) is 3.74. The minimum Gasteiger partial charge on any atom is -0.341 e. The zero-order valence-electron chi connectivity index (χ0n) is 11.4. The van der Waals surface area contributed by atoms with Crippen LogP contribution in [-0.2, 0) is 7.05 Å². The number of rotatable bonds is 3. The maximum atomic E-state index is 12.3. The zero-order valence-corrected chi connectivity index (χ0v) is 11.4. The van der Waals surface area contributed by atoms with Crippen molar-refractivity contribution in [3.05, 3.63) is 17.5 Å². The molecule has 18 heavy (non-hydrogen) atoms. The Balaban J connectivity index is 1.98. The van der Waals surface area contributed by atoms with Gasteiger partial charge in [-0.05, 0) is 38.8 Å². The van der Waals surface area contributed by atoms with Gasteiger partial charge >= 0.3 is 0 Å². The van der Waals surface area contributed by atoms with Gasteiger partial charge in [0.05, 0.1) is 11.8 Å². The second-order valence-corrected chi connectivity index (χ2v) is 5.17. The predicted molar refractivity (Wildman–Crippen MR) is 70.5 cm³/mol. The van der Waals surface area contributed by atoms with E-state index in [0.717, 1.165) is 25.3 Å². The number of hydrogen-bond donors (Lipinski definition) is 1. The van der Waals surface area contributed by atoms with E-state index in [4.69, 9.17) is 0 Å². The van der Waals surface area contributed by atoms with Gasteiger partial charge in [0, 0.05) is 26.3 Å². The van der Waals surface area contributed by atoms with Crippen molar-refractivity contribution in [2.45, 2.75) is 19.8 Å². The van der Waals surface area contributed by atoms with E-state index in [1.807, 2.05) is 25.9 Å². The van der Waals surface area contributed by atoms with Gasteiger partial charge in [-0.2, -0.15) is 5.10 Å². The molecule has 1 saturated heterocycles. The largest absolute Gasteiger partial charge is 0.341 e. The number of aryl methyl sites for hydroxylation is 1. The molecule has 1 aliphatic rings. The third kappa shape index (κ3) is 2.72. The van der Waals surface area contributed by atoms with E-state index in [0.29, 0.717) is 11.5 Å². The lowest BCUT2D eigenvalue weighted by atomic mass is 9.99. The van der Waals surface area contributed by atoms with Gasteiger partial charge in [-0.15, -0.1) is 0 Å². The van der Waals surface area contributed by atoms with E-state index < -0.39 is 0 Å². The molecule has 1 amide bonds. The van der Waals surface area contributed by atoms with Gasteiger partial charge in [-0.3, -0.25) is 9.48 Å². The first-order valence-electron chi connectivity index (χ1n) is 6.54. The fraction of sp³-hybridized carbons (Fsp3) is 0.692. The van der Waals surface area contributed by atoms with Crippen LogP contribution < -0.4 is 5.32 Å². The highest BCUT2D eigenvalue weighted by Crippen LogP contribution is 2.14. The normalized spacial score (nSPS) is 19.8. The highest BCUT2D eigenvalue weighted by molar-refractivity contribution is 5.94. The highest BCUT2D eigenvalue weighted by Gasteiger charge is 2.21. The Hall–Kier alpha value is -1.36. The SMILES string of the molecule is Cc1c(C(=O)N(C)CC2CCCNC2)cnn1C. The van der Waals surface area contributed by atoms with Crippen LogP contribution in [0.25, 0.3) is 0 Å². The highest BCUT2D eigenvalue weighted by atomic mass is 16.2. The van der Waals surface area contributed by atoms with Gasteiger partial charge in [0.25, 0.3) is 5.91 Å². The Morgan fingerprint density at radius 3 is 3.00 bits per heavy atom. The molecular formula is C13H22N4O. The standard InChI is InChI=1S/C13H22N4O/c1-10-12(8-15-17(10)3)13(18)16(2)9-11-5-4-6-14-7-11/h8,11,14H,4-7,9H2,1-3H3. The van der Waals surface area contributed by atoms with Crippen molar-refractivity contribution in [2.75, 3.05) is 26.7 Å². The molecule has 1 N–H and O–H groups in total. The lowest BCUT2D eigenvalue weighted by Crippen LogP contribution is -2.39. The molecule has 1 fully saturated rings. The summed E-state index contributed by atoms with van der Waals surface area (Å²) >= 11 is 0. The first-order chi connectivity index (χ1) is 8.59. The molecular weight excluding hydrogens is 228 g/mol. The van der Waals surface area contributed by atoms with Crippen LogP contribution in [0.3, 0.4) is 0 Å². The van der Waals surface area contributed by atoms with Crippen LogP contribution in [-0.4, -0.2) is 47.3 Å². The zero-order chi connectivity index (χ0) is 13.1. The average Bonchev–Trinajstić information content (AvgIpc) is 2.70. The fourth-order valence-corrected chi connectivity index (χ4v) is 2.46. The third-order valence-corrected chi connectivity index (χ3v) is 3.74. The summed E-state index contributed by atoms with van der Waals surface area (Å²) in [6.07, 6.45) is 4.07. The molecule has 100 valence electrons. The summed E-state index contributed by atoms with van der Waals surface area (Å²) in [5, 5.41) is 7.50. The summed E-state index contributed by atoms with van der Waals surface area (Å²) < 4.78 is 1.74. The number of piperidine rings is 1. The lowest BCUT2D eigenvalue weighted by molar-refractivity contribution is 0.0764. The summed E-state index contributed by atoms with van der Waals surface area (Å²) in [7, 11) is 3.74. The number of aromatic nitrogens is 2. The number of carbonyl (C=O) groups excluding carboxylic acids is 1. The van der Waals surface area contributed by atoms with E-state index in [-0.39, 0.29) is 5.91 Å². The van der Waals surface area contributed by atoms with Crippen molar-refractivity contribution < 1.29 is 4.79 Å². The van der Waals surface area contributed by atoms with Crippen molar-refractivity contribution in [2.24, 2.45) is 13.0 Å². The number of hydrogen-bond acceptors (Lipinski definition) is 3. The molecule has 0 saturated carbocycles. The Labute approximate surface area is 108 Å². The smallest absolute Gasteiger partial charge is 0.257 e. The number of carbonyl (C=O) groups is 1. The van der Waals surface area contributed by atoms with Crippen molar-refractivity contribution in [1.82, 2.24) is 20.0 Å². The molecule has 5 nitrogen and oxygen atoms in total. The molecule has 1 aromatic heterocycles. The summed E-state index contributed by atoms with van der Waals surface area (Å²) in [5.74, 6) is 0.649. The second-order valence-electron chi connectivity index (χ2n) is 5.17. The van der Waals surface area contributed by atoms with Crippen LogP contribution in [0.5, 0.6) is 0 Å². The average molecular weight is 250 g/mol. The number of nitrogens with zero attached hydrogens (tertiary/aromatic N) is 3. The topological polar surface area (TPSA) is 50.2 Å².